The molecular weight excluding hydrogens is 444 g/mol. The van der Waals surface area contributed by atoms with Gasteiger partial charge < -0.3 is 15.2 Å². The summed E-state index contributed by atoms with van der Waals surface area (Å²) >= 11 is 0. The predicted octanol–water partition coefficient (Wildman–Crippen LogP) is 4.65. The van der Waals surface area contributed by atoms with Gasteiger partial charge in [-0.25, -0.2) is 9.59 Å². The fourth-order valence-corrected chi connectivity index (χ4v) is 4.34. The monoisotopic (exact) mass is 478 g/mol. The van der Waals surface area contributed by atoms with Gasteiger partial charge in [0.05, 0.1) is 0 Å². The minimum atomic E-state index is -0.960. The van der Waals surface area contributed by atoms with Crippen LogP contribution in [-0.2, 0) is 14.3 Å². The van der Waals surface area contributed by atoms with Gasteiger partial charge in [-0.3, -0.25) is 9.69 Å². The van der Waals surface area contributed by atoms with E-state index in [1.54, 1.807) is 27.8 Å². The van der Waals surface area contributed by atoms with E-state index in [4.69, 9.17) is 9.84 Å². The van der Waals surface area contributed by atoms with Crippen LogP contribution >= 0.6 is 0 Å². The number of amides is 2. The molecule has 2 aliphatic rings. The molecular formula is C28H34N2O5. The minimum Gasteiger partial charge on any atom is -0.480 e. The van der Waals surface area contributed by atoms with Gasteiger partial charge in [-0.15, -0.1) is 0 Å². The predicted molar refractivity (Wildman–Crippen MR) is 136 cm³/mol. The number of nitrogens with zero attached hydrogens (tertiary/aromatic N) is 1. The summed E-state index contributed by atoms with van der Waals surface area (Å²) in [6.45, 7) is 5.75. The maximum atomic E-state index is 11.6. The lowest BCUT2D eigenvalue weighted by molar-refractivity contribution is -0.142. The zero-order valence-electron chi connectivity index (χ0n) is 20.6. The molecule has 1 aliphatic carbocycles. The van der Waals surface area contributed by atoms with E-state index >= 15 is 0 Å². The van der Waals surface area contributed by atoms with Crippen LogP contribution in [0.1, 0.15) is 58.5 Å². The Kier molecular flexibility index (Phi) is 8.18. The molecule has 0 bridgehead atoms. The zero-order chi connectivity index (χ0) is 25.6. The van der Waals surface area contributed by atoms with Crippen LogP contribution in [0.2, 0.25) is 0 Å². The van der Waals surface area contributed by atoms with Crippen LogP contribution in [0, 0.1) is 11.8 Å². The van der Waals surface area contributed by atoms with E-state index in [1.807, 2.05) is 0 Å². The maximum absolute atomic E-state index is 11.6. The van der Waals surface area contributed by atoms with Crippen molar-refractivity contribution in [3.8, 4) is 23.0 Å². The molecule has 1 saturated heterocycles. The van der Waals surface area contributed by atoms with Crippen LogP contribution in [0.5, 0.6) is 0 Å². The molecule has 7 heteroatoms. The molecule has 7 nitrogen and oxygen atoms in total. The molecule has 0 spiro atoms. The number of ether oxygens (including phenoxy) is 1. The summed E-state index contributed by atoms with van der Waals surface area (Å²) < 4.78 is 5.13. The van der Waals surface area contributed by atoms with Crippen molar-refractivity contribution in [2.75, 3.05) is 13.6 Å². The molecule has 1 heterocycles. The first kappa shape index (κ1) is 25.8. The lowest BCUT2D eigenvalue weighted by Gasteiger charge is -2.26. The average molecular weight is 479 g/mol. The first-order valence-corrected chi connectivity index (χ1v) is 11.7. The van der Waals surface area contributed by atoms with E-state index in [1.165, 1.54) is 27.2 Å². The molecule has 4 rings (SSSR count). The lowest BCUT2D eigenvalue weighted by atomic mass is 9.94. The molecule has 1 atom stereocenters. The van der Waals surface area contributed by atoms with Crippen LogP contribution in [0.4, 0.5) is 4.79 Å². The molecule has 0 unspecified atom stereocenters. The van der Waals surface area contributed by atoms with E-state index in [0.29, 0.717) is 19.4 Å². The van der Waals surface area contributed by atoms with Gasteiger partial charge in [-0.05, 0) is 61.8 Å². The minimum absolute atomic E-state index is 0. The third-order valence-corrected chi connectivity index (χ3v) is 5.86. The highest BCUT2D eigenvalue weighted by Gasteiger charge is 2.36. The number of carboxylic acid groups (broad SMARTS) is 1. The summed E-state index contributed by atoms with van der Waals surface area (Å²) in [5, 5.41) is 11.4. The van der Waals surface area contributed by atoms with Crippen molar-refractivity contribution in [3.63, 3.8) is 0 Å². The zero-order valence-corrected chi connectivity index (χ0v) is 20.6. The molecule has 0 radical (unpaired) electrons. The summed E-state index contributed by atoms with van der Waals surface area (Å²) in [6.07, 6.45) is 1.36. The van der Waals surface area contributed by atoms with Gasteiger partial charge in [0.25, 0.3) is 5.91 Å². The lowest BCUT2D eigenvalue weighted by Crippen LogP contribution is -2.43. The molecule has 0 aromatic heterocycles. The normalized spacial score (nSPS) is 16.1. The van der Waals surface area contributed by atoms with E-state index in [2.05, 4.69) is 65.7 Å². The number of likely N-dealkylation sites (tertiary alicyclic amines) is 1. The SMILES string of the molecule is CC(C)(C)OC(=O)N1CCC[C@H]1C(=O)O.CNC(=O)C#CCC1c2ccccc2-c2ccccc21.[HH]. The number of carboxylic acids is 1. The van der Waals surface area contributed by atoms with Gasteiger partial charge in [0.15, 0.2) is 0 Å². The number of nitrogens with one attached hydrogen (secondary N) is 1. The molecule has 35 heavy (non-hydrogen) atoms. The number of hydrogen-bond acceptors (Lipinski definition) is 4. The summed E-state index contributed by atoms with van der Waals surface area (Å²) in [5.41, 5.74) is 4.60. The van der Waals surface area contributed by atoms with Gasteiger partial charge in [0.2, 0.25) is 0 Å². The second-order valence-corrected chi connectivity index (χ2v) is 9.48. The Morgan fingerprint density at radius 2 is 1.66 bits per heavy atom. The molecule has 1 aliphatic heterocycles. The highest BCUT2D eigenvalue weighted by Crippen LogP contribution is 2.45. The van der Waals surface area contributed by atoms with Crippen LogP contribution in [0.15, 0.2) is 48.5 Å². The Bertz CT molecular complexity index is 1120. The van der Waals surface area contributed by atoms with Crippen molar-refractivity contribution in [2.24, 2.45) is 0 Å². The van der Waals surface area contributed by atoms with Crippen LogP contribution in [0.3, 0.4) is 0 Å². The molecule has 186 valence electrons. The Hall–Kier alpha value is -3.79. The smallest absolute Gasteiger partial charge is 0.411 e. The highest BCUT2D eigenvalue weighted by atomic mass is 16.6. The van der Waals surface area contributed by atoms with Crippen molar-refractivity contribution in [2.45, 2.75) is 57.6 Å². The Morgan fingerprint density at radius 1 is 1.09 bits per heavy atom. The second kappa shape index (κ2) is 11.1. The number of aliphatic carboxylic acids is 1. The highest BCUT2D eigenvalue weighted by molar-refractivity contribution is 5.93. The fourth-order valence-electron chi connectivity index (χ4n) is 4.34. The third kappa shape index (κ3) is 6.42. The molecule has 1 fully saturated rings. The summed E-state index contributed by atoms with van der Waals surface area (Å²) in [6, 6.07) is 16.1. The molecule has 0 saturated carbocycles. The van der Waals surface area contributed by atoms with Gasteiger partial charge in [-0.1, -0.05) is 54.5 Å². The van der Waals surface area contributed by atoms with Crippen molar-refractivity contribution in [3.05, 3.63) is 59.7 Å². The van der Waals surface area contributed by atoms with E-state index in [9.17, 15) is 14.4 Å². The molecule has 2 aromatic rings. The van der Waals surface area contributed by atoms with Gasteiger partial charge in [-0.2, -0.15) is 0 Å². The van der Waals surface area contributed by atoms with Gasteiger partial charge in [0, 0.05) is 27.4 Å². The van der Waals surface area contributed by atoms with Crippen molar-refractivity contribution in [1.82, 2.24) is 10.2 Å². The maximum Gasteiger partial charge on any atom is 0.411 e. The Morgan fingerprint density at radius 3 is 2.17 bits per heavy atom. The molecule has 2 N–H and O–H groups in total. The summed E-state index contributed by atoms with van der Waals surface area (Å²) in [4.78, 5) is 34.9. The van der Waals surface area contributed by atoms with E-state index in [-0.39, 0.29) is 13.3 Å². The topological polar surface area (TPSA) is 95.9 Å². The number of fused-ring (bicyclic) bond motifs is 3. The Balaban J connectivity index is 0.000000258. The number of carbonyl (C=O) groups is 3. The second-order valence-electron chi connectivity index (χ2n) is 9.48. The van der Waals surface area contributed by atoms with Crippen LogP contribution < -0.4 is 5.32 Å². The van der Waals surface area contributed by atoms with E-state index < -0.39 is 23.7 Å². The standard InChI is InChI=1S/C18H15NO.C10H17NO4.H2/c1-19-18(20)12-6-11-17-15-9-4-2-7-13(15)14-8-3-5-10-16(14)17;1-10(2,3)15-9(14)11-6-4-5-7(11)8(12)13;/h2-5,7-10,17H,11H2,1H3,(H,19,20);7H,4-6H2,1-3H3,(H,12,13);1H/t;7-;/m.0./s1. The van der Waals surface area contributed by atoms with Crippen molar-refractivity contribution < 1.29 is 25.7 Å². The largest absolute Gasteiger partial charge is 0.480 e. The van der Waals surface area contributed by atoms with Crippen molar-refractivity contribution >= 4 is 18.0 Å². The first-order chi connectivity index (χ1) is 16.6. The van der Waals surface area contributed by atoms with Crippen LogP contribution in [-0.4, -0.2) is 53.2 Å². The van der Waals surface area contributed by atoms with Crippen molar-refractivity contribution in [1.29, 1.82) is 0 Å². The number of rotatable bonds is 2. The number of benzene rings is 2. The number of carbonyl (C=O) groups excluding carboxylic acids is 2. The average Bonchev–Trinajstić information content (AvgIpc) is 3.43. The molecule has 2 amide bonds. The number of hydrogen-bond donors (Lipinski definition) is 2. The quantitative estimate of drug-likeness (QED) is 0.613. The van der Waals surface area contributed by atoms with Gasteiger partial charge in [0.1, 0.15) is 11.6 Å². The fraction of sp³-hybridized carbons (Fsp3) is 0.393. The Labute approximate surface area is 208 Å². The third-order valence-electron chi connectivity index (χ3n) is 5.86. The van der Waals surface area contributed by atoms with Gasteiger partial charge >= 0.3 is 12.1 Å². The van der Waals surface area contributed by atoms with E-state index in [0.717, 1.165) is 6.42 Å². The summed E-state index contributed by atoms with van der Waals surface area (Å²) in [7, 11) is 1.59. The first-order valence-electron chi connectivity index (χ1n) is 11.7. The summed E-state index contributed by atoms with van der Waals surface area (Å²) in [5.74, 6) is 4.69. The molecule has 2 aromatic carbocycles. The van der Waals surface area contributed by atoms with Crippen LogP contribution in [0.25, 0.3) is 11.1 Å².